The van der Waals surface area contributed by atoms with Crippen LogP contribution in [0.3, 0.4) is 0 Å². The SMILES string of the molecule is Cc1csc(C(=O)N2CCC(Oc3nccnc3C#N)C2)c1. The normalized spacial score (nSPS) is 17.3. The fraction of sp³-hybridized carbons (Fsp3) is 0.333. The summed E-state index contributed by atoms with van der Waals surface area (Å²) in [6.45, 7) is 3.11. The van der Waals surface area contributed by atoms with Gasteiger partial charge in [-0.1, -0.05) is 0 Å². The molecule has 0 aromatic carbocycles. The van der Waals surface area contributed by atoms with Gasteiger partial charge in [-0.3, -0.25) is 4.79 Å². The molecular weight excluding hydrogens is 300 g/mol. The van der Waals surface area contributed by atoms with Crippen molar-refractivity contribution in [1.82, 2.24) is 14.9 Å². The van der Waals surface area contributed by atoms with Gasteiger partial charge < -0.3 is 9.64 Å². The Balaban J connectivity index is 1.65. The first kappa shape index (κ1) is 14.5. The molecule has 1 aliphatic rings. The summed E-state index contributed by atoms with van der Waals surface area (Å²) < 4.78 is 5.73. The highest BCUT2D eigenvalue weighted by Crippen LogP contribution is 2.22. The molecule has 0 bridgehead atoms. The van der Waals surface area contributed by atoms with Gasteiger partial charge in [-0.2, -0.15) is 5.26 Å². The quantitative estimate of drug-likeness (QED) is 0.866. The molecule has 0 radical (unpaired) electrons. The third kappa shape index (κ3) is 2.92. The Hall–Kier alpha value is -2.46. The monoisotopic (exact) mass is 314 g/mol. The van der Waals surface area contributed by atoms with Crippen LogP contribution in [0.5, 0.6) is 5.88 Å². The van der Waals surface area contributed by atoms with E-state index in [9.17, 15) is 4.79 Å². The van der Waals surface area contributed by atoms with Crippen LogP contribution in [0, 0.1) is 18.3 Å². The molecule has 0 N–H and O–H groups in total. The van der Waals surface area contributed by atoms with Crippen molar-refractivity contribution in [3.8, 4) is 11.9 Å². The van der Waals surface area contributed by atoms with Crippen molar-refractivity contribution < 1.29 is 9.53 Å². The number of ether oxygens (including phenoxy) is 1. The molecule has 22 heavy (non-hydrogen) atoms. The van der Waals surface area contributed by atoms with E-state index < -0.39 is 0 Å². The van der Waals surface area contributed by atoms with Crippen LogP contribution in [0.25, 0.3) is 0 Å². The van der Waals surface area contributed by atoms with Gasteiger partial charge in [0.1, 0.15) is 12.2 Å². The highest BCUT2D eigenvalue weighted by molar-refractivity contribution is 7.12. The number of likely N-dealkylation sites (tertiary alicyclic amines) is 1. The molecule has 1 fully saturated rings. The molecule has 2 aromatic rings. The summed E-state index contributed by atoms with van der Waals surface area (Å²) in [5, 5.41) is 11.0. The lowest BCUT2D eigenvalue weighted by Gasteiger charge is -2.16. The van der Waals surface area contributed by atoms with E-state index in [0.717, 1.165) is 16.9 Å². The average molecular weight is 314 g/mol. The maximum absolute atomic E-state index is 12.4. The van der Waals surface area contributed by atoms with Crippen LogP contribution < -0.4 is 4.74 Å². The van der Waals surface area contributed by atoms with Gasteiger partial charge in [-0.15, -0.1) is 11.3 Å². The minimum atomic E-state index is -0.159. The van der Waals surface area contributed by atoms with Crippen LogP contribution in [0.1, 0.15) is 27.3 Å². The first-order valence-electron chi connectivity index (χ1n) is 6.89. The number of thiophene rings is 1. The Morgan fingerprint density at radius 1 is 1.50 bits per heavy atom. The Bertz CT molecular complexity index is 737. The third-order valence-corrected chi connectivity index (χ3v) is 4.46. The number of aryl methyl sites for hydroxylation is 1. The van der Waals surface area contributed by atoms with Crippen LogP contribution in [-0.2, 0) is 0 Å². The second kappa shape index (κ2) is 6.12. The predicted molar refractivity (Wildman–Crippen MR) is 80.7 cm³/mol. The second-order valence-corrected chi connectivity index (χ2v) is 6.00. The lowest BCUT2D eigenvalue weighted by Crippen LogP contribution is -2.30. The summed E-state index contributed by atoms with van der Waals surface area (Å²) in [5.74, 6) is 0.264. The van der Waals surface area contributed by atoms with Crippen molar-refractivity contribution in [2.45, 2.75) is 19.4 Å². The van der Waals surface area contributed by atoms with Crippen molar-refractivity contribution in [2.24, 2.45) is 0 Å². The molecule has 0 spiro atoms. The number of carbonyl (C=O) groups is 1. The van der Waals surface area contributed by atoms with E-state index in [2.05, 4.69) is 9.97 Å². The van der Waals surface area contributed by atoms with Crippen molar-refractivity contribution in [3.63, 3.8) is 0 Å². The number of aromatic nitrogens is 2. The summed E-state index contributed by atoms with van der Waals surface area (Å²) in [6.07, 6.45) is 3.50. The third-order valence-electron chi connectivity index (χ3n) is 3.42. The smallest absolute Gasteiger partial charge is 0.264 e. The van der Waals surface area contributed by atoms with Gasteiger partial charge in [0.2, 0.25) is 5.69 Å². The van der Waals surface area contributed by atoms with Crippen LogP contribution >= 0.6 is 11.3 Å². The van der Waals surface area contributed by atoms with Gasteiger partial charge in [-0.25, -0.2) is 9.97 Å². The van der Waals surface area contributed by atoms with Gasteiger partial charge in [0.15, 0.2) is 0 Å². The molecule has 1 aliphatic heterocycles. The molecule has 3 rings (SSSR count). The fourth-order valence-electron chi connectivity index (χ4n) is 2.35. The summed E-state index contributed by atoms with van der Waals surface area (Å²) in [7, 11) is 0. The van der Waals surface area contributed by atoms with Gasteiger partial charge in [0.05, 0.1) is 11.4 Å². The number of hydrogen-bond donors (Lipinski definition) is 0. The summed E-state index contributed by atoms with van der Waals surface area (Å²) >= 11 is 1.46. The van der Waals surface area contributed by atoms with Crippen molar-refractivity contribution >= 4 is 17.2 Å². The van der Waals surface area contributed by atoms with E-state index in [-0.39, 0.29) is 23.6 Å². The lowest BCUT2D eigenvalue weighted by atomic mass is 10.3. The Kier molecular flexibility index (Phi) is 4.02. The number of nitriles is 1. The second-order valence-electron chi connectivity index (χ2n) is 5.09. The maximum Gasteiger partial charge on any atom is 0.264 e. The zero-order valence-electron chi connectivity index (χ0n) is 12.0. The maximum atomic E-state index is 12.4. The van der Waals surface area contributed by atoms with Crippen LogP contribution in [0.15, 0.2) is 23.8 Å². The van der Waals surface area contributed by atoms with E-state index in [1.807, 2.05) is 24.4 Å². The van der Waals surface area contributed by atoms with E-state index in [1.165, 1.54) is 23.7 Å². The molecule has 0 saturated carbocycles. The number of rotatable bonds is 3. The minimum Gasteiger partial charge on any atom is -0.470 e. The van der Waals surface area contributed by atoms with E-state index >= 15 is 0 Å². The molecule has 1 saturated heterocycles. The van der Waals surface area contributed by atoms with Crippen LogP contribution in [-0.4, -0.2) is 40.0 Å². The van der Waals surface area contributed by atoms with E-state index in [4.69, 9.17) is 10.00 Å². The molecule has 112 valence electrons. The van der Waals surface area contributed by atoms with Gasteiger partial charge in [0.25, 0.3) is 11.8 Å². The number of hydrogen-bond acceptors (Lipinski definition) is 6. The Morgan fingerprint density at radius 2 is 2.32 bits per heavy atom. The molecule has 1 amide bonds. The van der Waals surface area contributed by atoms with Crippen molar-refractivity contribution in [2.75, 3.05) is 13.1 Å². The molecule has 6 nitrogen and oxygen atoms in total. The Labute approximate surface area is 132 Å². The van der Waals surface area contributed by atoms with Crippen molar-refractivity contribution in [1.29, 1.82) is 5.26 Å². The summed E-state index contributed by atoms with van der Waals surface area (Å²) in [6, 6.07) is 3.86. The average Bonchev–Trinajstić information content (AvgIpc) is 3.16. The molecule has 7 heteroatoms. The number of nitrogens with zero attached hydrogens (tertiary/aromatic N) is 4. The molecule has 1 unspecified atom stereocenters. The first-order valence-corrected chi connectivity index (χ1v) is 7.77. The van der Waals surface area contributed by atoms with E-state index in [1.54, 1.807) is 4.90 Å². The fourth-order valence-corrected chi connectivity index (χ4v) is 3.22. The largest absolute Gasteiger partial charge is 0.470 e. The summed E-state index contributed by atoms with van der Waals surface area (Å²) in [5.41, 5.74) is 1.26. The van der Waals surface area contributed by atoms with Gasteiger partial charge >= 0.3 is 0 Å². The number of carbonyl (C=O) groups excluding carboxylic acids is 1. The van der Waals surface area contributed by atoms with E-state index in [0.29, 0.717) is 13.1 Å². The van der Waals surface area contributed by atoms with Gasteiger partial charge in [0, 0.05) is 25.4 Å². The number of amides is 1. The molecule has 3 heterocycles. The highest BCUT2D eigenvalue weighted by atomic mass is 32.1. The minimum absolute atomic E-state index is 0.0313. The zero-order valence-corrected chi connectivity index (χ0v) is 12.8. The first-order chi connectivity index (χ1) is 10.7. The summed E-state index contributed by atoms with van der Waals surface area (Å²) in [4.78, 5) is 22.9. The molecule has 1 atom stereocenters. The lowest BCUT2D eigenvalue weighted by molar-refractivity contribution is 0.0775. The highest BCUT2D eigenvalue weighted by Gasteiger charge is 2.29. The zero-order chi connectivity index (χ0) is 15.5. The van der Waals surface area contributed by atoms with Crippen molar-refractivity contribution in [3.05, 3.63) is 40.0 Å². The molecular formula is C15H14N4O2S. The van der Waals surface area contributed by atoms with Gasteiger partial charge in [-0.05, 0) is 23.9 Å². The Morgan fingerprint density at radius 3 is 3.05 bits per heavy atom. The van der Waals surface area contributed by atoms with Crippen LogP contribution in [0.2, 0.25) is 0 Å². The standard InChI is InChI=1S/C15H14N4O2S/c1-10-6-13(22-9-10)15(20)19-5-2-11(8-19)21-14-12(7-16)17-3-4-18-14/h3-4,6,9,11H,2,5,8H2,1H3. The topological polar surface area (TPSA) is 79.1 Å². The molecule has 0 aliphatic carbocycles. The predicted octanol–water partition coefficient (Wildman–Crippen LogP) is 2.01. The van der Waals surface area contributed by atoms with Crippen LogP contribution in [0.4, 0.5) is 0 Å². The molecule has 2 aromatic heterocycles.